The molecule has 0 radical (unpaired) electrons. The second-order valence-electron chi connectivity index (χ2n) is 4.24. The maximum atomic E-state index is 13.9. The van der Waals surface area contributed by atoms with E-state index in [4.69, 9.17) is 10.6 Å². The number of hydrogen-bond donors (Lipinski definition) is 2. The lowest BCUT2D eigenvalue weighted by Gasteiger charge is -2.18. The van der Waals surface area contributed by atoms with Crippen LogP contribution in [-0.4, -0.2) is 23.5 Å². The summed E-state index contributed by atoms with van der Waals surface area (Å²) in [4.78, 5) is 0. The first-order valence-corrected chi connectivity index (χ1v) is 6.09. The molecule has 5 nitrogen and oxygen atoms in total. The Morgan fingerprint density at radius 2 is 2.20 bits per heavy atom. The van der Waals surface area contributed by atoms with E-state index in [2.05, 4.69) is 10.5 Å². The van der Waals surface area contributed by atoms with Crippen molar-refractivity contribution in [1.82, 2.24) is 15.2 Å². The summed E-state index contributed by atoms with van der Waals surface area (Å²) in [6.45, 7) is 0.950. The summed E-state index contributed by atoms with van der Waals surface area (Å²) in [7, 11) is 1.58. The minimum Gasteiger partial charge on any atom is -0.383 e. The van der Waals surface area contributed by atoms with E-state index in [-0.39, 0.29) is 5.56 Å². The Morgan fingerprint density at radius 3 is 2.90 bits per heavy atom. The molecule has 0 spiro atoms. The van der Waals surface area contributed by atoms with Gasteiger partial charge in [0.15, 0.2) is 0 Å². The second kappa shape index (κ2) is 6.56. The molecule has 1 heterocycles. The number of nitrogens with zero attached hydrogens (tertiary/aromatic N) is 2. The minimum absolute atomic E-state index is 0.131. The van der Waals surface area contributed by atoms with Crippen molar-refractivity contribution in [3.63, 3.8) is 0 Å². The van der Waals surface area contributed by atoms with Crippen LogP contribution in [-0.2, 0) is 11.3 Å². The highest BCUT2D eigenvalue weighted by Gasteiger charge is 2.21. The van der Waals surface area contributed by atoms with Gasteiger partial charge in [-0.2, -0.15) is 5.10 Å². The van der Waals surface area contributed by atoms with Crippen molar-refractivity contribution in [2.24, 2.45) is 5.84 Å². The zero-order valence-corrected chi connectivity index (χ0v) is 11.0. The van der Waals surface area contributed by atoms with Crippen molar-refractivity contribution in [2.45, 2.75) is 12.6 Å². The van der Waals surface area contributed by atoms with Gasteiger partial charge in [0.1, 0.15) is 11.6 Å². The van der Waals surface area contributed by atoms with Crippen molar-refractivity contribution in [2.75, 3.05) is 13.7 Å². The van der Waals surface area contributed by atoms with Gasteiger partial charge in [0.05, 0.1) is 24.9 Å². The van der Waals surface area contributed by atoms with E-state index in [1.54, 1.807) is 24.1 Å². The van der Waals surface area contributed by atoms with Gasteiger partial charge in [0.25, 0.3) is 0 Å². The van der Waals surface area contributed by atoms with Gasteiger partial charge in [-0.15, -0.1) is 0 Å². The molecule has 0 saturated heterocycles. The third-order valence-corrected chi connectivity index (χ3v) is 2.99. The van der Waals surface area contributed by atoms with Gasteiger partial charge >= 0.3 is 0 Å². The van der Waals surface area contributed by atoms with Crippen LogP contribution in [0.4, 0.5) is 8.78 Å². The Hall–Kier alpha value is -1.83. The summed E-state index contributed by atoms with van der Waals surface area (Å²) in [6, 6.07) is 4.27. The number of aromatic nitrogens is 2. The molecule has 0 aliphatic heterocycles. The maximum Gasteiger partial charge on any atom is 0.128 e. The maximum absolute atomic E-state index is 13.9. The van der Waals surface area contributed by atoms with Crippen LogP contribution in [0, 0.1) is 11.6 Å². The third kappa shape index (κ3) is 3.01. The van der Waals surface area contributed by atoms with Crippen LogP contribution in [0.3, 0.4) is 0 Å². The number of nitrogens with one attached hydrogen (secondary N) is 1. The molecule has 0 saturated carbocycles. The third-order valence-electron chi connectivity index (χ3n) is 2.99. The molecule has 1 unspecified atom stereocenters. The summed E-state index contributed by atoms with van der Waals surface area (Å²) in [5.41, 5.74) is 3.26. The number of halogens is 2. The lowest BCUT2D eigenvalue weighted by Crippen LogP contribution is -2.31. The SMILES string of the molecule is COCCn1nccc1C(NN)c1cc(F)ccc1F. The van der Waals surface area contributed by atoms with Gasteiger partial charge in [-0.3, -0.25) is 10.5 Å². The fraction of sp³-hybridized carbons (Fsp3) is 0.308. The van der Waals surface area contributed by atoms with E-state index in [0.717, 1.165) is 18.2 Å². The largest absolute Gasteiger partial charge is 0.383 e. The Bertz CT molecular complexity index is 573. The number of hydrazine groups is 1. The first kappa shape index (κ1) is 14.6. The van der Waals surface area contributed by atoms with Crippen LogP contribution in [0.25, 0.3) is 0 Å². The standard InChI is InChI=1S/C13H16F2N4O/c1-20-7-6-19-12(4-5-17-19)13(18-16)10-8-9(14)2-3-11(10)15/h2-5,8,13,18H,6-7,16H2,1H3. The number of ether oxygens (including phenoxy) is 1. The van der Waals surface area contributed by atoms with Crippen LogP contribution in [0.1, 0.15) is 17.3 Å². The van der Waals surface area contributed by atoms with E-state index >= 15 is 0 Å². The average molecular weight is 282 g/mol. The summed E-state index contributed by atoms with van der Waals surface area (Å²) in [5.74, 6) is 4.44. The molecule has 1 atom stereocenters. The lowest BCUT2D eigenvalue weighted by atomic mass is 10.0. The average Bonchev–Trinajstić information content (AvgIpc) is 2.89. The van der Waals surface area contributed by atoms with Crippen LogP contribution < -0.4 is 11.3 Å². The molecule has 0 aliphatic rings. The molecule has 0 fully saturated rings. The van der Waals surface area contributed by atoms with Gasteiger partial charge in [-0.25, -0.2) is 14.2 Å². The second-order valence-corrected chi connectivity index (χ2v) is 4.24. The van der Waals surface area contributed by atoms with Gasteiger partial charge in [-0.05, 0) is 24.3 Å². The predicted octanol–water partition coefficient (Wildman–Crippen LogP) is 1.36. The molecular formula is C13H16F2N4O. The van der Waals surface area contributed by atoms with Crippen LogP contribution in [0.5, 0.6) is 0 Å². The fourth-order valence-corrected chi connectivity index (χ4v) is 2.02. The van der Waals surface area contributed by atoms with Gasteiger partial charge in [-0.1, -0.05) is 0 Å². The molecule has 0 aliphatic carbocycles. The van der Waals surface area contributed by atoms with Gasteiger partial charge in [0.2, 0.25) is 0 Å². The summed E-state index contributed by atoms with van der Waals surface area (Å²) in [5, 5.41) is 4.13. The van der Waals surface area contributed by atoms with Crippen molar-refractivity contribution < 1.29 is 13.5 Å². The molecule has 2 rings (SSSR count). The van der Waals surface area contributed by atoms with Gasteiger partial charge < -0.3 is 4.74 Å². The Morgan fingerprint density at radius 1 is 1.40 bits per heavy atom. The first-order chi connectivity index (χ1) is 9.67. The first-order valence-electron chi connectivity index (χ1n) is 6.09. The Kier molecular flexibility index (Phi) is 4.78. The molecule has 0 amide bonds. The van der Waals surface area contributed by atoms with E-state index in [0.29, 0.717) is 18.8 Å². The molecule has 7 heteroatoms. The molecule has 3 N–H and O–H groups in total. The van der Waals surface area contributed by atoms with Crippen molar-refractivity contribution in [1.29, 1.82) is 0 Å². The number of hydrogen-bond acceptors (Lipinski definition) is 4. The van der Waals surface area contributed by atoms with Gasteiger partial charge in [0, 0.05) is 18.9 Å². The van der Waals surface area contributed by atoms with Crippen LogP contribution in [0.15, 0.2) is 30.5 Å². The number of benzene rings is 1. The smallest absolute Gasteiger partial charge is 0.128 e. The highest BCUT2D eigenvalue weighted by Crippen LogP contribution is 2.24. The van der Waals surface area contributed by atoms with E-state index < -0.39 is 17.7 Å². The van der Waals surface area contributed by atoms with Crippen LogP contribution in [0.2, 0.25) is 0 Å². The Labute approximate surface area is 115 Å². The molecular weight excluding hydrogens is 266 g/mol. The quantitative estimate of drug-likeness (QED) is 0.620. The monoisotopic (exact) mass is 282 g/mol. The van der Waals surface area contributed by atoms with E-state index in [1.165, 1.54) is 0 Å². The van der Waals surface area contributed by atoms with E-state index in [1.807, 2.05) is 0 Å². The predicted molar refractivity (Wildman–Crippen MR) is 69.6 cm³/mol. The zero-order valence-electron chi connectivity index (χ0n) is 11.0. The molecule has 1 aromatic heterocycles. The molecule has 1 aromatic carbocycles. The van der Waals surface area contributed by atoms with Crippen molar-refractivity contribution in [3.8, 4) is 0 Å². The van der Waals surface area contributed by atoms with Crippen LogP contribution >= 0.6 is 0 Å². The summed E-state index contributed by atoms with van der Waals surface area (Å²) in [6.07, 6.45) is 1.58. The number of rotatable bonds is 6. The molecule has 2 aromatic rings. The topological polar surface area (TPSA) is 65.1 Å². The minimum atomic E-state index is -0.690. The zero-order chi connectivity index (χ0) is 14.5. The molecule has 0 bridgehead atoms. The highest BCUT2D eigenvalue weighted by atomic mass is 19.1. The number of nitrogens with two attached hydrogens (primary N) is 1. The van der Waals surface area contributed by atoms with E-state index in [9.17, 15) is 8.78 Å². The fourth-order valence-electron chi connectivity index (χ4n) is 2.02. The molecule has 20 heavy (non-hydrogen) atoms. The number of methoxy groups -OCH3 is 1. The lowest BCUT2D eigenvalue weighted by molar-refractivity contribution is 0.182. The van der Waals surface area contributed by atoms with Crippen molar-refractivity contribution >= 4 is 0 Å². The normalized spacial score (nSPS) is 12.6. The molecule has 108 valence electrons. The highest BCUT2D eigenvalue weighted by molar-refractivity contribution is 5.29. The Balaban J connectivity index is 2.37. The summed E-state index contributed by atoms with van der Waals surface area (Å²) < 4.78 is 33.8. The summed E-state index contributed by atoms with van der Waals surface area (Å²) >= 11 is 0. The van der Waals surface area contributed by atoms with Crippen molar-refractivity contribution in [3.05, 3.63) is 53.4 Å².